The summed E-state index contributed by atoms with van der Waals surface area (Å²) in [7, 11) is 1.83. The Morgan fingerprint density at radius 2 is 1.90 bits per heavy atom. The Kier molecular flexibility index (Phi) is 4.37. The standard InChI is InChI=1S/C15H17N3O3/c1-10(2)21-14-9-16-8-13(17-14)18(3)12-6-4-11(5-7-12)15(19)20/h4-10H,1-3H3,(H,19,20). The summed E-state index contributed by atoms with van der Waals surface area (Å²) in [6, 6.07) is 6.55. The van der Waals surface area contributed by atoms with Gasteiger partial charge in [0.05, 0.1) is 24.1 Å². The lowest BCUT2D eigenvalue weighted by atomic mass is 10.2. The first-order valence-electron chi connectivity index (χ1n) is 6.53. The number of carboxylic acid groups (broad SMARTS) is 1. The van der Waals surface area contributed by atoms with Crippen molar-refractivity contribution in [3.05, 3.63) is 42.2 Å². The maximum Gasteiger partial charge on any atom is 0.335 e. The summed E-state index contributed by atoms with van der Waals surface area (Å²) in [5.74, 6) is 0.129. The van der Waals surface area contributed by atoms with Crippen LogP contribution < -0.4 is 9.64 Å². The molecule has 0 aliphatic heterocycles. The first kappa shape index (κ1) is 14.8. The van der Waals surface area contributed by atoms with Crippen molar-refractivity contribution in [3.63, 3.8) is 0 Å². The molecule has 0 aliphatic rings. The van der Waals surface area contributed by atoms with E-state index in [1.165, 1.54) is 0 Å². The number of benzene rings is 1. The molecule has 0 saturated heterocycles. The molecule has 0 fully saturated rings. The van der Waals surface area contributed by atoms with Crippen molar-refractivity contribution in [1.29, 1.82) is 0 Å². The summed E-state index contributed by atoms with van der Waals surface area (Å²) in [6.07, 6.45) is 3.21. The quantitative estimate of drug-likeness (QED) is 0.911. The highest BCUT2D eigenvalue weighted by Gasteiger charge is 2.09. The maximum atomic E-state index is 10.8. The minimum absolute atomic E-state index is 0.0229. The maximum absolute atomic E-state index is 10.8. The summed E-state index contributed by atoms with van der Waals surface area (Å²) in [5, 5.41) is 8.90. The lowest BCUT2D eigenvalue weighted by molar-refractivity contribution is 0.0697. The minimum atomic E-state index is -0.948. The zero-order valence-corrected chi connectivity index (χ0v) is 12.1. The van der Waals surface area contributed by atoms with Gasteiger partial charge in [0, 0.05) is 12.7 Å². The minimum Gasteiger partial charge on any atom is -0.478 e. The molecule has 21 heavy (non-hydrogen) atoms. The van der Waals surface area contributed by atoms with Gasteiger partial charge in [-0.1, -0.05) is 0 Å². The molecule has 2 rings (SSSR count). The smallest absolute Gasteiger partial charge is 0.335 e. The molecule has 0 aliphatic carbocycles. The van der Waals surface area contributed by atoms with E-state index in [4.69, 9.17) is 9.84 Å². The number of carboxylic acids is 1. The molecule has 110 valence electrons. The lowest BCUT2D eigenvalue weighted by Crippen LogP contribution is -2.14. The van der Waals surface area contributed by atoms with Crippen LogP contribution in [0.5, 0.6) is 5.88 Å². The van der Waals surface area contributed by atoms with E-state index < -0.39 is 5.97 Å². The number of ether oxygens (including phenoxy) is 1. The topological polar surface area (TPSA) is 75.5 Å². The Labute approximate surface area is 123 Å². The highest BCUT2D eigenvalue weighted by atomic mass is 16.5. The van der Waals surface area contributed by atoms with Crippen LogP contribution >= 0.6 is 0 Å². The zero-order valence-electron chi connectivity index (χ0n) is 12.1. The highest BCUT2D eigenvalue weighted by Crippen LogP contribution is 2.23. The third kappa shape index (κ3) is 3.68. The fourth-order valence-electron chi connectivity index (χ4n) is 1.76. The SMILES string of the molecule is CC(C)Oc1cncc(N(C)c2ccc(C(=O)O)cc2)n1. The summed E-state index contributed by atoms with van der Waals surface area (Å²) in [5.41, 5.74) is 1.06. The fourth-order valence-corrected chi connectivity index (χ4v) is 1.76. The van der Waals surface area contributed by atoms with E-state index in [9.17, 15) is 4.79 Å². The second-order valence-electron chi connectivity index (χ2n) is 4.79. The van der Waals surface area contributed by atoms with Crippen LogP contribution in [0.4, 0.5) is 11.5 Å². The number of carbonyl (C=O) groups is 1. The molecule has 0 atom stereocenters. The van der Waals surface area contributed by atoms with Gasteiger partial charge in [0.25, 0.3) is 0 Å². The van der Waals surface area contributed by atoms with Crippen LogP contribution in [0.2, 0.25) is 0 Å². The average Bonchev–Trinajstić information content (AvgIpc) is 2.46. The molecule has 0 spiro atoms. The molecule has 2 aromatic rings. The molecule has 0 unspecified atom stereocenters. The molecule has 1 aromatic heterocycles. The van der Waals surface area contributed by atoms with Gasteiger partial charge >= 0.3 is 5.97 Å². The van der Waals surface area contributed by atoms with Crippen molar-refractivity contribution >= 4 is 17.5 Å². The third-order valence-corrected chi connectivity index (χ3v) is 2.80. The summed E-state index contributed by atoms with van der Waals surface area (Å²) in [6.45, 7) is 3.84. The van der Waals surface area contributed by atoms with Gasteiger partial charge in [-0.15, -0.1) is 0 Å². The number of rotatable bonds is 5. The Morgan fingerprint density at radius 1 is 1.24 bits per heavy atom. The van der Waals surface area contributed by atoms with Crippen LogP contribution in [0.15, 0.2) is 36.7 Å². The first-order chi connectivity index (χ1) is 9.97. The Morgan fingerprint density at radius 3 is 2.48 bits per heavy atom. The van der Waals surface area contributed by atoms with E-state index in [1.807, 2.05) is 25.8 Å². The summed E-state index contributed by atoms with van der Waals surface area (Å²) < 4.78 is 5.51. The monoisotopic (exact) mass is 287 g/mol. The lowest BCUT2D eigenvalue weighted by Gasteiger charge is -2.19. The number of anilines is 2. The van der Waals surface area contributed by atoms with Crippen LogP contribution in [0, 0.1) is 0 Å². The van der Waals surface area contributed by atoms with Crippen molar-refractivity contribution in [3.8, 4) is 5.88 Å². The van der Waals surface area contributed by atoms with Crippen LogP contribution in [-0.4, -0.2) is 34.2 Å². The largest absolute Gasteiger partial charge is 0.478 e. The number of hydrogen-bond acceptors (Lipinski definition) is 5. The highest BCUT2D eigenvalue weighted by molar-refractivity contribution is 5.88. The predicted octanol–water partition coefficient (Wildman–Crippen LogP) is 2.73. The summed E-state index contributed by atoms with van der Waals surface area (Å²) >= 11 is 0. The number of hydrogen-bond donors (Lipinski definition) is 1. The molecule has 1 N–H and O–H groups in total. The number of aromatic carboxylic acids is 1. The van der Waals surface area contributed by atoms with Crippen LogP contribution in [0.25, 0.3) is 0 Å². The van der Waals surface area contributed by atoms with Crippen molar-refractivity contribution in [1.82, 2.24) is 9.97 Å². The van der Waals surface area contributed by atoms with Crippen molar-refractivity contribution < 1.29 is 14.6 Å². The third-order valence-electron chi connectivity index (χ3n) is 2.80. The van der Waals surface area contributed by atoms with Gasteiger partial charge in [-0.3, -0.25) is 4.98 Å². The van der Waals surface area contributed by atoms with Crippen LogP contribution in [0.1, 0.15) is 24.2 Å². The normalized spacial score (nSPS) is 10.5. The van der Waals surface area contributed by atoms with E-state index in [-0.39, 0.29) is 11.7 Å². The molecule has 1 aromatic carbocycles. The molecule has 0 saturated carbocycles. The van der Waals surface area contributed by atoms with E-state index >= 15 is 0 Å². The second kappa shape index (κ2) is 6.21. The van der Waals surface area contributed by atoms with Crippen LogP contribution in [-0.2, 0) is 0 Å². The van der Waals surface area contributed by atoms with Gasteiger partial charge < -0.3 is 14.7 Å². The van der Waals surface area contributed by atoms with E-state index in [0.29, 0.717) is 11.7 Å². The Hall–Kier alpha value is -2.63. The molecular weight excluding hydrogens is 270 g/mol. The van der Waals surface area contributed by atoms with Gasteiger partial charge in [0.1, 0.15) is 0 Å². The van der Waals surface area contributed by atoms with Gasteiger partial charge in [0.2, 0.25) is 5.88 Å². The van der Waals surface area contributed by atoms with Gasteiger partial charge in [-0.05, 0) is 38.1 Å². The zero-order chi connectivity index (χ0) is 15.4. The molecule has 6 nitrogen and oxygen atoms in total. The number of nitrogens with zero attached hydrogens (tertiary/aromatic N) is 3. The molecule has 0 radical (unpaired) electrons. The first-order valence-corrected chi connectivity index (χ1v) is 6.53. The van der Waals surface area contributed by atoms with Crippen molar-refractivity contribution in [2.45, 2.75) is 20.0 Å². The molecule has 0 bridgehead atoms. The van der Waals surface area contributed by atoms with E-state index in [2.05, 4.69) is 9.97 Å². The second-order valence-corrected chi connectivity index (χ2v) is 4.79. The summed E-state index contributed by atoms with van der Waals surface area (Å²) in [4.78, 5) is 21.1. The van der Waals surface area contributed by atoms with Crippen molar-refractivity contribution in [2.75, 3.05) is 11.9 Å². The van der Waals surface area contributed by atoms with Gasteiger partial charge in [-0.2, -0.15) is 4.98 Å². The average molecular weight is 287 g/mol. The molecular formula is C15H17N3O3. The van der Waals surface area contributed by atoms with E-state index in [1.54, 1.807) is 36.7 Å². The molecule has 6 heteroatoms. The van der Waals surface area contributed by atoms with Crippen molar-refractivity contribution in [2.24, 2.45) is 0 Å². The number of aromatic nitrogens is 2. The van der Waals surface area contributed by atoms with Gasteiger partial charge in [0.15, 0.2) is 5.82 Å². The Balaban J connectivity index is 2.22. The fraction of sp³-hybridized carbons (Fsp3) is 0.267. The predicted molar refractivity (Wildman–Crippen MR) is 79.3 cm³/mol. The molecule has 1 heterocycles. The van der Waals surface area contributed by atoms with Crippen LogP contribution in [0.3, 0.4) is 0 Å². The molecule has 0 amide bonds. The Bertz CT molecular complexity index is 626. The van der Waals surface area contributed by atoms with E-state index in [0.717, 1.165) is 5.69 Å². The van der Waals surface area contributed by atoms with Gasteiger partial charge in [-0.25, -0.2) is 4.79 Å².